The van der Waals surface area contributed by atoms with Gasteiger partial charge in [0.25, 0.3) is 5.95 Å². The number of aromatic nitrogens is 2. The zero-order valence-corrected chi connectivity index (χ0v) is 27.1. The lowest BCUT2D eigenvalue weighted by Crippen LogP contribution is -2.36. The summed E-state index contributed by atoms with van der Waals surface area (Å²) in [7, 11) is 1.45. The average Bonchev–Trinajstić information content (AvgIpc) is 2.96. The number of fused-ring (bicyclic) bond motifs is 1. The van der Waals surface area contributed by atoms with E-state index in [2.05, 4.69) is 77.7 Å². The Hall–Kier alpha value is -3.26. The summed E-state index contributed by atoms with van der Waals surface area (Å²) in [4.78, 5) is 9.05. The lowest BCUT2D eigenvalue weighted by atomic mass is 9.77. The van der Waals surface area contributed by atoms with Gasteiger partial charge in [0.05, 0.1) is 22.0 Å². The molecule has 11 heteroatoms. The fraction of sp³-hybridized carbons (Fsp3) is 0.323. The highest BCUT2D eigenvalue weighted by Gasteiger charge is 2.26. The number of nitriles is 1. The van der Waals surface area contributed by atoms with E-state index < -0.39 is 9.58 Å². The van der Waals surface area contributed by atoms with E-state index in [1.807, 2.05) is 51.1 Å². The Bertz CT molecular complexity index is 1570. The Labute approximate surface area is 263 Å². The van der Waals surface area contributed by atoms with E-state index in [4.69, 9.17) is 27.9 Å². The molecule has 1 unspecified atom stereocenters. The van der Waals surface area contributed by atoms with Gasteiger partial charge in [-0.25, -0.2) is 4.98 Å². The molecular weight excluding hydrogens is 591 g/mol. The van der Waals surface area contributed by atoms with Crippen molar-refractivity contribution >= 4 is 58.7 Å². The van der Waals surface area contributed by atoms with Gasteiger partial charge in [-0.05, 0) is 57.6 Å². The van der Waals surface area contributed by atoms with Gasteiger partial charge in [-0.3, -0.25) is 0 Å². The van der Waals surface area contributed by atoms with Crippen molar-refractivity contribution in [3.8, 4) is 22.9 Å². The first kappa shape index (κ1) is 33.2. The largest absolute Gasteiger partial charge is 0.489 e. The third kappa shape index (κ3) is 7.77. The molecule has 0 aliphatic rings. The summed E-state index contributed by atoms with van der Waals surface area (Å²) in [5, 5.41) is 24.2. The van der Waals surface area contributed by atoms with Gasteiger partial charge < -0.3 is 10.1 Å². The van der Waals surface area contributed by atoms with E-state index in [9.17, 15) is 10.5 Å². The Kier molecular flexibility index (Phi) is 11.3. The molecule has 1 atom stereocenters. The first-order valence-corrected chi connectivity index (χ1v) is 15.0. The van der Waals surface area contributed by atoms with Crippen LogP contribution in [0.2, 0.25) is 5.02 Å². The second-order valence-corrected chi connectivity index (χ2v) is 11.4. The molecule has 4 aromatic rings. The van der Waals surface area contributed by atoms with Gasteiger partial charge in [-0.2, -0.15) is 20.9 Å². The van der Waals surface area contributed by atoms with Crippen molar-refractivity contribution in [2.24, 2.45) is 0 Å². The number of quaternary nitrogens is 1. The van der Waals surface area contributed by atoms with Gasteiger partial charge in [-0.15, -0.1) is 11.6 Å². The van der Waals surface area contributed by atoms with Crippen LogP contribution in [0.3, 0.4) is 0 Å². The first-order valence-electron chi connectivity index (χ1n) is 13.7. The third-order valence-electron chi connectivity index (χ3n) is 6.50. The zero-order valence-electron chi connectivity index (χ0n) is 24.7. The normalized spacial score (nSPS) is 12.5. The van der Waals surface area contributed by atoms with Crippen LogP contribution in [0, 0.1) is 11.3 Å². The van der Waals surface area contributed by atoms with Gasteiger partial charge in [0.2, 0.25) is 0 Å². The Balaban J connectivity index is 0.00000237. The average molecular weight is 629 g/mol. The van der Waals surface area contributed by atoms with Gasteiger partial charge in [0, 0.05) is 17.3 Å². The van der Waals surface area contributed by atoms with Crippen molar-refractivity contribution in [2.75, 3.05) is 36.8 Å². The summed E-state index contributed by atoms with van der Waals surface area (Å²) >= 11 is 16.3. The molecule has 42 heavy (non-hydrogen) atoms. The van der Waals surface area contributed by atoms with E-state index in [-0.39, 0.29) is 12.6 Å². The highest BCUT2D eigenvalue weighted by atomic mass is 35.5. The summed E-state index contributed by atoms with van der Waals surface area (Å²) in [6, 6.07) is 20.1. The summed E-state index contributed by atoms with van der Waals surface area (Å²) in [5.74, 6) is 1.56. The second-order valence-electron chi connectivity index (χ2n) is 9.87. The predicted octanol–water partition coefficient (Wildman–Crippen LogP) is 8.23. The highest BCUT2D eigenvalue weighted by molar-refractivity contribution is 7.74. The smallest absolute Gasteiger partial charge is 0.275 e. The van der Waals surface area contributed by atoms with Crippen molar-refractivity contribution in [3.05, 3.63) is 76.3 Å². The lowest BCUT2D eigenvalue weighted by molar-refractivity contribution is -0.955. The molecule has 222 valence electrons. The maximum absolute atomic E-state index is 9.95. The molecule has 1 aromatic heterocycles. The SMILES string of the molecule is CC.CCNc1nc(N[N+](C)(O)S)nc2ccc(-c3ccc(C(C)(C)c4cc(Cl)c(OCCCl)c(C#N)c4)cc3)cc12. The van der Waals surface area contributed by atoms with E-state index >= 15 is 0 Å². The number of alkyl halides is 1. The summed E-state index contributed by atoms with van der Waals surface area (Å²) in [6.45, 7) is 11.1. The summed E-state index contributed by atoms with van der Waals surface area (Å²) in [6.07, 6.45) is 0. The monoisotopic (exact) mass is 627 g/mol. The van der Waals surface area contributed by atoms with E-state index in [1.165, 1.54) is 7.05 Å². The van der Waals surface area contributed by atoms with Gasteiger partial charge >= 0.3 is 0 Å². The molecule has 3 aromatic carbocycles. The molecule has 0 aliphatic carbocycles. The third-order valence-corrected chi connectivity index (χ3v) is 7.04. The minimum Gasteiger partial charge on any atom is -0.489 e. The molecule has 0 radical (unpaired) electrons. The molecule has 0 saturated carbocycles. The van der Waals surface area contributed by atoms with Crippen LogP contribution >= 0.6 is 36.0 Å². The first-order chi connectivity index (χ1) is 20.0. The van der Waals surface area contributed by atoms with Gasteiger partial charge in [0.15, 0.2) is 5.75 Å². The maximum Gasteiger partial charge on any atom is 0.275 e. The van der Waals surface area contributed by atoms with Crippen molar-refractivity contribution < 1.29 is 14.1 Å². The van der Waals surface area contributed by atoms with E-state index in [0.717, 1.165) is 33.2 Å². The number of benzene rings is 3. The number of hydrogen-bond donors (Lipinski definition) is 4. The van der Waals surface area contributed by atoms with Crippen LogP contribution in [-0.2, 0) is 5.41 Å². The molecule has 0 spiro atoms. The minimum absolute atomic E-state index is 0.251. The summed E-state index contributed by atoms with van der Waals surface area (Å²) < 4.78 is 4.81. The van der Waals surface area contributed by atoms with Crippen LogP contribution in [-0.4, -0.2) is 45.4 Å². The number of nitrogens with one attached hydrogen (secondary N) is 2. The summed E-state index contributed by atoms with van der Waals surface area (Å²) in [5.41, 5.74) is 7.41. The quantitative estimate of drug-likeness (QED) is 0.0607. The van der Waals surface area contributed by atoms with Crippen molar-refractivity contribution in [3.63, 3.8) is 0 Å². The maximum atomic E-state index is 9.95. The molecular formula is C31H37Cl2N6O2S+. The molecule has 1 heterocycles. The molecule has 4 rings (SSSR count). The molecule has 0 fully saturated rings. The number of thiol groups is 1. The molecule has 3 N–H and O–H groups in total. The number of hydrogen-bond acceptors (Lipinski definition) is 8. The molecule has 0 bridgehead atoms. The number of rotatable bonds is 10. The van der Waals surface area contributed by atoms with Crippen LogP contribution in [0.5, 0.6) is 5.75 Å². The van der Waals surface area contributed by atoms with E-state index in [1.54, 1.807) is 0 Å². The molecule has 0 aliphatic heterocycles. The number of ether oxygens (including phenoxy) is 1. The molecule has 0 saturated heterocycles. The standard InChI is InChI=1S/C29H31Cl2N6O2S.C2H6/c1-5-33-27-23-15-19(8-11-25(23)34-28(35-27)36-37(4,38)40)18-6-9-21(10-7-18)29(2,3)22-14-20(17-32)26(24(31)16-22)39-13-12-30;1-2/h6-11,14-16,38,40H,5,12-13H2,1-4H3,(H2,33,34,35,36);1-2H3/q+1;. The fourth-order valence-corrected chi connectivity index (χ4v) is 4.86. The number of halogens is 2. The Morgan fingerprint density at radius 1 is 1.05 bits per heavy atom. The van der Waals surface area contributed by atoms with Crippen molar-refractivity contribution in [2.45, 2.75) is 40.0 Å². The predicted molar refractivity (Wildman–Crippen MR) is 176 cm³/mol. The van der Waals surface area contributed by atoms with Gasteiger partial charge in [0.1, 0.15) is 38.4 Å². The topological polar surface area (TPSA) is 103 Å². The number of nitrogens with zero attached hydrogens (tertiary/aromatic N) is 4. The van der Waals surface area contributed by atoms with Gasteiger partial charge in [-0.1, -0.05) is 69.6 Å². The molecule has 8 nitrogen and oxygen atoms in total. The van der Waals surface area contributed by atoms with Crippen molar-refractivity contribution in [1.82, 2.24) is 9.97 Å². The lowest BCUT2D eigenvalue weighted by Gasteiger charge is -2.27. The van der Waals surface area contributed by atoms with Crippen LogP contribution in [0.25, 0.3) is 22.0 Å². The van der Waals surface area contributed by atoms with Crippen LogP contribution in [0.1, 0.15) is 51.3 Å². The van der Waals surface area contributed by atoms with Crippen molar-refractivity contribution in [1.29, 1.82) is 5.26 Å². The minimum atomic E-state index is -0.798. The molecule has 0 amide bonds. The highest BCUT2D eigenvalue weighted by Crippen LogP contribution is 2.39. The number of hydroxylamine groups is 1. The zero-order chi connectivity index (χ0) is 31.1. The van der Waals surface area contributed by atoms with Crippen LogP contribution < -0.4 is 15.5 Å². The fourth-order valence-electron chi connectivity index (χ4n) is 4.42. The van der Waals surface area contributed by atoms with E-state index in [0.29, 0.717) is 34.6 Å². The Morgan fingerprint density at radius 2 is 1.71 bits per heavy atom. The van der Waals surface area contributed by atoms with Crippen LogP contribution in [0.15, 0.2) is 54.6 Å². The Morgan fingerprint density at radius 3 is 2.31 bits per heavy atom. The number of anilines is 2. The van der Waals surface area contributed by atoms with Crippen LogP contribution in [0.4, 0.5) is 11.8 Å². The second kappa shape index (κ2) is 14.3.